The lowest BCUT2D eigenvalue weighted by Crippen LogP contribution is -2.26. The molecule has 5 nitrogen and oxygen atoms in total. The number of nitrogens with two attached hydrogens (primary N) is 1. The van der Waals surface area contributed by atoms with Crippen LogP contribution in [0.15, 0.2) is 54.7 Å². The number of benzene rings is 2. The fourth-order valence-electron chi connectivity index (χ4n) is 3.44. The first kappa shape index (κ1) is 15.0. The van der Waals surface area contributed by atoms with Crippen molar-refractivity contribution in [1.29, 1.82) is 5.26 Å². The smallest absolute Gasteiger partial charge is 0.256 e. The van der Waals surface area contributed by atoms with Crippen LogP contribution in [-0.2, 0) is 6.54 Å². The number of aromatic nitrogens is 1. The molecule has 3 N–H and O–H groups in total. The molecular weight excluding hydrogens is 312 g/mol. The van der Waals surface area contributed by atoms with Crippen LogP contribution < -0.4 is 5.73 Å². The molecule has 0 aliphatic carbocycles. The fraction of sp³-hybridized carbons (Fsp3) is 0.100. The molecule has 1 amide bonds. The van der Waals surface area contributed by atoms with E-state index in [1.54, 1.807) is 11.0 Å². The van der Waals surface area contributed by atoms with E-state index in [2.05, 4.69) is 17.6 Å². The van der Waals surface area contributed by atoms with Gasteiger partial charge in [-0.2, -0.15) is 5.26 Å². The number of hydrogen-bond donors (Lipinski definition) is 2. The van der Waals surface area contributed by atoms with Crippen molar-refractivity contribution in [3.05, 3.63) is 65.9 Å². The van der Waals surface area contributed by atoms with Crippen LogP contribution in [0.5, 0.6) is 0 Å². The number of rotatable bonds is 3. The Bertz CT molecular complexity index is 1070. The largest absolute Gasteiger partial charge is 0.398 e. The highest BCUT2D eigenvalue weighted by Crippen LogP contribution is 2.38. The molecule has 1 aliphatic rings. The Kier molecular flexibility index (Phi) is 3.33. The summed E-state index contributed by atoms with van der Waals surface area (Å²) in [4.78, 5) is 17.6. The summed E-state index contributed by atoms with van der Waals surface area (Å²) >= 11 is 0. The number of fused-ring (bicyclic) bond motifs is 2. The van der Waals surface area contributed by atoms with Gasteiger partial charge in [0.2, 0.25) is 0 Å². The van der Waals surface area contributed by atoms with Gasteiger partial charge in [0.15, 0.2) is 0 Å². The standard InChI is InChI=1S/C20H16N4O/c1-12(8-21)10-24-11-16-13(6-7-17(22)19(16)20(24)25)15-9-23-18-5-3-2-4-14(15)18/h2-7,9,23H,1,10-11,22H2. The van der Waals surface area contributed by atoms with Gasteiger partial charge in [0.25, 0.3) is 5.91 Å². The van der Waals surface area contributed by atoms with E-state index in [-0.39, 0.29) is 12.5 Å². The third-order valence-corrected chi connectivity index (χ3v) is 4.61. The number of para-hydroxylation sites is 1. The molecule has 0 bridgehead atoms. The maximum absolute atomic E-state index is 12.7. The fourth-order valence-corrected chi connectivity index (χ4v) is 3.44. The molecule has 4 rings (SSSR count). The number of hydrogen-bond acceptors (Lipinski definition) is 3. The molecule has 122 valence electrons. The van der Waals surface area contributed by atoms with Gasteiger partial charge in [0.1, 0.15) is 0 Å². The highest BCUT2D eigenvalue weighted by Gasteiger charge is 2.32. The van der Waals surface area contributed by atoms with Gasteiger partial charge in [-0.3, -0.25) is 4.79 Å². The van der Waals surface area contributed by atoms with Crippen molar-refractivity contribution in [3.63, 3.8) is 0 Å². The summed E-state index contributed by atoms with van der Waals surface area (Å²) in [5.41, 5.74) is 11.4. The van der Waals surface area contributed by atoms with Crippen molar-refractivity contribution in [2.45, 2.75) is 6.54 Å². The SMILES string of the molecule is C=C(C#N)CN1Cc2c(-c3c[nH]c4ccccc34)ccc(N)c2C1=O. The normalized spacial score (nSPS) is 13.1. The van der Waals surface area contributed by atoms with E-state index in [9.17, 15) is 4.79 Å². The van der Waals surface area contributed by atoms with Crippen molar-refractivity contribution >= 4 is 22.5 Å². The number of anilines is 1. The summed E-state index contributed by atoms with van der Waals surface area (Å²) in [5.74, 6) is -0.148. The number of nitrogens with zero attached hydrogens (tertiary/aromatic N) is 2. The summed E-state index contributed by atoms with van der Waals surface area (Å²) in [5, 5.41) is 10.1. The van der Waals surface area contributed by atoms with Gasteiger partial charge in [-0.1, -0.05) is 30.8 Å². The van der Waals surface area contributed by atoms with Gasteiger partial charge >= 0.3 is 0 Å². The molecule has 3 aromatic rings. The first-order chi connectivity index (χ1) is 12.1. The molecule has 0 atom stereocenters. The molecule has 0 fully saturated rings. The van der Waals surface area contributed by atoms with Gasteiger partial charge in [-0.25, -0.2) is 0 Å². The highest BCUT2D eigenvalue weighted by atomic mass is 16.2. The zero-order valence-corrected chi connectivity index (χ0v) is 13.5. The highest BCUT2D eigenvalue weighted by molar-refractivity contribution is 6.07. The number of H-pyrrole nitrogens is 1. The van der Waals surface area contributed by atoms with Crippen LogP contribution in [0.3, 0.4) is 0 Å². The molecule has 2 heterocycles. The van der Waals surface area contributed by atoms with E-state index >= 15 is 0 Å². The second-order valence-corrected chi connectivity index (χ2v) is 6.18. The van der Waals surface area contributed by atoms with Crippen LogP contribution in [0.25, 0.3) is 22.0 Å². The van der Waals surface area contributed by atoms with E-state index in [0.717, 1.165) is 27.6 Å². The summed E-state index contributed by atoms with van der Waals surface area (Å²) in [6, 6.07) is 13.8. The summed E-state index contributed by atoms with van der Waals surface area (Å²) < 4.78 is 0. The van der Waals surface area contributed by atoms with E-state index in [1.165, 1.54) is 0 Å². The molecule has 0 unspecified atom stereocenters. The number of aromatic amines is 1. The Hall–Kier alpha value is -3.52. The molecule has 1 aromatic heterocycles. The van der Waals surface area contributed by atoms with Crippen LogP contribution >= 0.6 is 0 Å². The lowest BCUT2D eigenvalue weighted by atomic mass is 9.95. The summed E-state index contributed by atoms with van der Waals surface area (Å²) in [6.45, 7) is 4.32. The maximum Gasteiger partial charge on any atom is 0.256 e. The Morgan fingerprint density at radius 1 is 1.28 bits per heavy atom. The van der Waals surface area contributed by atoms with E-state index in [0.29, 0.717) is 23.4 Å². The summed E-state index contributed by atoms with van der Waals surface area (Å²) in [6.07, 6.45) is 1.96. The topological polar surface area (TPSA) is 85.9 Å². The van der Waals surface area contributed by atoms with E-state index in [4.69, 9.17) is 11.0 Å². The summed E-state index contributed by atoms with van der Waals surface area (Å²) in [7, 11) is 0. The van der Waals surface area contributed by atoms with Gasteiger partial charge in [-0.05, 0) is 23.3 Å². The van der Waals surface area contributed by atoms with Crippen molar-refractivity contribution in [1.82, 2.24) is 9.88 Å². The first-order valence-corrected chi connectivity index (χ1v) is 7.95. The zero-order valence-electron chi connectivity index (χ0n) is 13.5. The molecular formula is C20H16N4O. The monoisotopic (exact) mass is 328 g/mol. The quantitative estimate of drug-likeness (QED) is 0.570. The van der Waals surface area contributed by atoms with Crippen molar-refractivity contribution in [2.75, 3.05) is 12.3 Å². The Morgan fingerprint density at radius 2 is 2.08 bits per heavy atom. The molecule has 0 spiro atoms. The number of nitrogen functional groups attached to an aromatic ring is 1. The number of amides is 1. The van der Waals surface area contributed by atoms with E-state index < -0.39 is 0 Å². The molecule has 0 saturated heterocycles. The van der Waals surface area contributed by atoms with Crippen LogP contribution in [0, 0.1) is 11.3 Å². The average molecular weight is 328 g/mol. The molecule has 25 heavy (non-hydrogen) atoms. The minimum atomic E-state index is -0.148. The molecule has 2 aromatic carbocycles. The van der Waals surface area contributed by atoms with Crippen molar-refractivity contribution in [3.8, 4) is 17.2 Å². The van der Waals surface area contributed by atoms with Crippen LogP contribution in [0.4, 0.5) is 5.69 Å². The average Bonchev–Trinajstić information content (AvgIpc) is 3.18. The second-order valence-electron chi connectivity index (χ2n) is 6.18. The van der Waals surface area contributed by atoms with E-state index in [1.807, 2.05) is 36.5 Å². The Morgan fingerprint density at radius 3 is 2.88 bits per heavy atom. The predicted octanol–water partition coefficient (Wildman–Crippen LogP) is 3.45. The van der Waals surface area contributed by atoms with Gasteiger partial charge in [0, 0.05) is 40.5 Å². The lowest BCUT2D eigenvalue weighted by Gasteiger charge is -2.14. The lowest BCUT2D eigenvalue weighted by molar-refractivity contribution is 0.0795. The third-order valence-electron chi connectivity index (χ3n) is 4.61. The number of carbonyl (C=O) groups excluding carboxylic acids is 1. The number of carbonyl (C=O) groups is 1. The minimum absolute atomic E-state index is 0.148. The Balaban J connectivity index is 1.86. The second kappa shape index (κ2) is 5.53. The van der Waals surface area contributed by atoms with Crippen molar-refractivity contribution < 1.29 is 4.79 Å². The van der Waals surface area contributed by atoms with Gasteiger partial charge < -0.3 is 15.6 Å². The maximum atomic E-state index is 12.7. The predicted molar refractivity (Wildman–Crippen MR) is 97.6 cm³/mol. The molecule has 0 radical (unpaired) electrons. The zero-order chi connectivity index (χ0) is 17.6. The van der Waals surface area contributed by atoms with Crippen LogP contribution in [-0.4, -0.2) is 22.3 Å². The Labute approximate surface area is 145 Å². The van der Waals surface area contributed by atoms with Crippen LogP contribution in [0.2, 0.25) is 0 Å². The third kappa shape index (κ3) is 2.27. The van der Waals surface area contributed by atoms with Gasteiger partial charge in [0.05, 0.1) is 18.2 Å². The van der Waals surface area contributed by atoms with Crippen LogP contribution in [0.1, 0.15) is 15.9 Å². The molecule has 1 aliphatic heterocycles. The minimum Gasteiger partial charge on any atom is -0.398 e. The molecule has 5 heteroatoms. The first-order valence-electron chi connectivity index (χ1n) is 7.95. The molecule has 0 saturated carbocycles. The van der Waals surface area contributed by atoms with Crippen molar-refractivity contribution in [2.24, 2.45) is 0 Å². The number of nitriles is 1. The van der Waals surface area contributed by atoms with Gasteiger partial charge in [-0.15, -0.1) is 0 Å². The number of nitrogens with one attached hydrogen (secondary N) is 1.